The van der Waals surface area contributed by atoms with Crippen molar-refractivity contribution in [1.82, 2.24) is 0 Å². The van der Waals surface area contributed by atoms with E-state index in [9.17, 15) is 9.59 Å². The molecule has 1 atom stereocenters. The highest BCUT2D eigenvalue weighted by Crippen LogP contribution is 2.26. The molecule has 0 bridgehead atoms. The molecule has 1 unspecified atom stereocenters. The first-order valence-electron chi connectivity index (χ1n) is 3.83. The van der Waals surface area contributed by atoms with Crippen LogP contribution in [0.4, 0.5) is 0 Å². The maximum Gasteiger partial charge on any atom is 0.329 e. The first-order valence-corrected chi connectivity index (χ1v) is 4.58. The van der Waals surface area contributed by atoms with Crippen molar-refractivity contribution in [3.8, 4) is 0 Å². The van der Waals surface area contributed by atoms with Crippen molar-refractivity contribution in [3.63, 3.8) is 0 Å². The first kappa shape index (κ1) is 13.3. The minimum Gasteiger partial charge on any atom is -0.481 e. The van der Waals surface area contributed by atoms with Gasteiger partial charge in [-0.05, 0) is 12.5 Å². The van der Waals surface area contributed by atoms with Gasteiger partial charge in [0.2, 0.25) is 0 Å². The van der Waals surface area contributed by atoms with Gasteiger partial charge in [0.15, 0.2) is 4.87 Å². The third kappa shape index (κ3) is 3.98. The normalized spacial score (nSPS) is 16.1. The molecule has 0 aromatic heterocycles. The second kappa shape index (κ2) is 5.22. The van der Waals surface area contributed by atoms with Crippen LogP contribution >= 0.6 is 23.2 Å². The summed E-state index contributed by atoms with van der Waals surface area (Å²) >= 11 is 11.2. The Kier molecular flexibility index (Phi) is 4.94. The molecule has 0 aliphatic rings. The van der Waals surface area contributed by atoms with Crippen LogP contribution in [-0.4, -0.2) is 27.0 Å². The summed E-state index contributed by atoms with van der Waals surface area (Å²) in [7, 11) is 0. The van der Waals surface area contributed by atoms with Gasteiger partial charge in [0.25, 0.3) is 0 Å². The molecule has 0 aromatic rings. The number of hydrogen-bond donors (Lipinski definition) is 2. The van der Waals surface area contributed by atoms with Crippen LogP contribution in [0.1, 0.15) is 19.8 Å². The number of halogens is 2. The Labute approximate surface area is 91.1 Å². The zero-order valence-corrected chi connectivity index (χ0v) is 8.97. The summed E-state index contributed by atoms with van der Waals surface area (Å²) in [6, 6.07) is 0. The number of carboxylic acid groups (broad SMARTS) is 2. The highest BCUT2D eigenvalue weighted by molar-refractivity contribution is 6.38. The largest absolute Gasteiger partial charge is 0.481 e. The van der Waals surface area contributed by atoms with Crippen LogP contribution in [0.25, 0.3) is 0 Å². The number of carboxylic acids is 2. The van der Waals surface area contributed by atoms with Crippen molar-refractivity contribution < 1.29 is 19.8 Å². The summed E-state index contributed by atoms with van der Waals surface area (Å²) in [5, 5.41) is 17.4. The minimum atomic E-state index is -1.96. The fourth-order valence-electron chi connectivity index (χ4n) is 0.759. The Morgan fingerprint density at radius 1 is 1.43 bits per heavy atom. The summed E-state index contributed by atoms with van der Waals surface area (Å²) in [5.74, 6) is -2.72. The summed E-state index contributed by atoms with van der Waals surface area (Å²) in [6.45, 7) is 1.71. The van der Waals surface area contributed by atoms with Crippen LogP contribution in [0, 0.1) is 0 Å². The molecule has 0 radical (unpaired) electrons. The van der Waals surface area contributed by atoms with E-state index in [1.165, 1.54) is 0 Å². The van der Waals surface area contributed by atoms with Gasteiger partial charge in [0.1, 0.15) is 0 Å². The second-order valence-electron chi connectivity index (χ2n) is 2.68. The fourth-order valence-corrected chi connectivity index (χ4v) is 1.25. The fraction of sp³-hybridized carbons (Fsp3) is 0.500. The van der Waals surface area contributed by atoms with Gasteiger partial charge in [0.05, 0.1) is 6.42 Å². The lowest BCUT2D eigenvalue weighted by molar-refractivity contribution is -0.145. The van der Waals surface area contributed by atoms with Crippen LogP contribution < -0.4 is 0 Å². The van der Waals surface area contributed by atoms with E-state index in [0.29, 0.717) is 6.42 Å². The monoisotopic (exact) mass is 240 g/mol. The van der Waals surface area contributed by atoms with Crippen molar-refractivity contribution in [1.29, 1.82) is 0 Å². The third-order valence-corrected chi connectivity index (χ3v) is 2.27. The number of alkyl halides is 1. The van der Waals surface area contributed by atoms with Crippen LogP contribution in [-0.2, 0) is 9.59 Å². The Balaban J connectivity index is 4.91. The van der Waals surface area contributed by atoms with Crippen LogP contribution in [0.15, 0.2) is 11.1 Å². The molecule has 0 rings (SSSR count). The molecule has 14 heavy (non-hydrogen) atoms. The van der Waals surface area contributed by atoms with Gasteiger partial charge in [0, 0.05) is 5.03 Å². The minimum absolute atomic E-state index is 0.226. The van der Waals surface area contributed by atoms with Gasteiger partial charge in [-0.1, -0.05) is 18.5 Å². The molecular formula is C8H10Cl2O4. The van der Waals surface area contributed by atoms with Gasteiger partial charge >= 0.3 is 11.9 Å². The van der Waals surface area contributed by atoms with E-state index in [-0.39, 0.29) is 5.03 Å². The molecule has 4 nitrogen and oxygen atoms in total. The standard InChI is InChI=1S/C8H10Cl2O4/c1-2-5(9)3-8(10,7(13)14)4-6(11)12/h3H,2,4H2,1H3,(H,11,12)(H,13,14). The molecule has 0 saturated heterocycles. The third-order valence-electron chi connectivity index (χ3n) is 1.49. The summed E-state index contributed by atoms with van der Waals surface area (Å²) in [4.78, 5) is 19.1. The van der Waals surface area contributed by atoms with Crippen molar-refractivity contribution in [2.45, 2.75) is 24.6 Å². The van der Waals surface area contributed by atoms with E-state index in [4.69, 9.17) is 33.4 Å². The van der Waals surface area contributed by atoms with Gasteiger partial charge in [-0.25, -0.2) is 4.79 Å². The molecule has 0 aliphatic heterocycles. The summed E-state index contributed by atoms with van der Waals surface area (Å²) in [5.41, 5.74) is 0. The lowest BCUT2D eigenvalue weighted by Gasteiger charge is -2.15. The quantitative estimate of drug-likeness (QED) is 0.722. The molecule has 0 heterocycles. The SMILES string of the molecule is CCC(Cl)=CC(Cl)(CC(=O)O)C(=O)O. The highest BCUT2D eigenvalue weighted by Gasteiger charge is 2.36. The van der Waals surface area contributed by atoms with E-state index < -0.39 is 23.2 Å². The maximum atomic E-state index is 10.7. The molecule has 0 aliphatic carbocycles. The van der Waals surface area contributed by atoms with E-state index >= 15 is 0 Å². The topological polar surface area (TPSA) is 74.6 Å². The van der Waals surface area contributed by atoms with E-state index in [1.807, 2.05) is 0 Å². The Morgan fingerprint density at radius 2 is 1.93 bits per heavy atom. The van der Waals surface area contributed by atoms with Crippen molar-refractivity contribution >= 4 is 35.1 Å². The molecule has 0 amide bonds. The average molecular weight is 241 g/mol. The van der Waals surface area contributed by atoms with Gasteiger partial charge in [-0.2, -0.15) is 0 Å². The lowest BCUT2D eigenvalue weighted by Crippen LogP contribution is -2.33. The summed E-state index contributed by atoms with van der Waals surface area (Å²) < 4.78 is 0. The summed E-state index contributed by atoms with van der Waals surface area (Å²) in [6.07, 6.45) is 0.746. The van der Waals surface area contributed by atoms with E-state index in [0.717, 1.165) is 6.08 Å². The number of aliphatic carboxylic acids is 2. The lowest BCUT2D eigenvalue weighted by atomic mass is 10.0. The predicted octanol–water partition coefficient (Wildman–Crippen LogP) is 2.06. The Hall–Kier alpha value is -0.740. The van der Waals surface area contributed by atoms with Gasteiger partial charge < -0.3 is 10.2 Å². The molecule has 0 saturated carbocycles. The highest BCUT2D eigenvalue weighted by atomic mass is 35.5. The van der Waals surface area contributed by atoms with Crippen molar-refractivity contribution in [3.05, 3.63) is 11.1 Å². The first-order chi connectivity index (χ1) is 6.31. The van der Waals surface area contributed by atoms with E-state index in [2.05, 4.69) is 0 Å². The number of hydrogen-bond acceptors (Lipinski definition) is 2. The van der Waals surface area contributed by atoms with Crippen LogP contribution in [0.5, 0.6) is 0 Å². The zero-order valence-electron chi connectivity index (χ0n) is 7.46. The molecule has 6 heteroatoms. The molecule has 0 aromatic carbocycles. The van der Waals surface area contributed by atoms with Crippen LogP contribution in [0.2, 0.25) is 0 Å². The van der Waals surface area contributed by atoms with Gasteiger partial charge in [-0.3, -0.25) is 4.79 Å². The van der Waals surface area contributed by atoms with Crippen molar-refractivity contribution in [2.24, 2.45) is 0 Å². The Morgan fingerprint density at radius 3 is 2.21 bits per heavy atom. The van der Waals surface area contributed by atoms with Crippen LogP contribution in [0.3, 0.4) is 0 Å². The number of rotatable bonds is 5. The molecule has 0 fully saturated rings. The van der Waals surface area contributed by atoms with E-state index in [1.54, 1.807) is 6.92 Å². The predicted molar refractivity (Wildman–Crippen MR) is 52.7 cm³/mol. The second-order valence-corrected chi connectivity index (χ2v) is 3.84. The maximum absolute atomic E-state index is 10.7. The zero-order chi connectivity index (χ0) is 11.4. The molecule has 2 N–H and O–H groups in total. The Bertz CT molecular complexity index is 275. The number of carbonyl (C=O) groups is 2. The van der Waals surface area contributed by atoms with Gasteiger partial charge in [-0.15, -0.1) is 11.6 Å². The average Bonchev–Trinajstić information content (AvgIpc) is 2.02. The van der Waals surface area contributed by atoms with Crippen molar-refractivity contribution in [2.75, 3.05) is 0 Å². The molecule has 80 valence electrons. The smallest absolute Gasteiger partial charge is 0.329 e. The molecule has 0 spiro atoms. The number of allylic oxidation sites excluding steroid dienone is 1. The molecular weight excluding hydrogens is 231 g/mol.